The maximum absolute atomic E-state index is 6.89. The quantitative estimate of drug-likeness (QED) is 0.719. The number of hydrogen-bond acceptors (Lipinski definition) is 0. The van der Waals surface area contributed by atoms with E-state index in [1.54, 1.807) is 0 Å². The van der Waals surface area contributed by atoms with Crippen molar-refractivity contribution in [3.05, 3.63) is 11.5 Å². The summed E-state index contributed by atoms with van der Waals surface area (Å²) < 4.78 is 0. The minimum absolute atomic E-state index is 0.0833. The number of halogens is 2. The van der Waals surface area contributed by atoms with E-state index < -0.39 is 16.5 Å². The van der Waals surface area contributed by atoms with Crippen LogP contribution in [0.3, 0.4) is 0 Å². The molecule has 0 aromatic rings. The van der Waals surface area contributed by atoms with Crippen molar-refractivity contribution in [3.63, 3.8) is 0 Å². The fourth-order valence-corrected chi connectivity index (χ4v) is 0.0625. The molecule has 2 nitrogen and oxygen atoms in total. The molecule has 0 unspecified atom stereocenters. The second-order valence-electron chi connectivity index (χ2n) is 2.56. The van der Waals surface area contributed by atoms with E-state index in [-0.39, 0.29) is 5.41 Å². The third-order valence-electron chi connectivity index (χ3n) is 0.957. The summed E-state index contributed by atoms with van der Waals surface area (Å²) in [5.41, 5.74) is 13.7. The molecule has 66 valence electrons. The molecule has 0 aliphatic rings. The Bertz CT molecular complexity index is 64.7. The van der Waals surface area contributed by atoms with Crippen molar-refractivity contribution >= 4 is 18.8 Å². The predicted molar refractivity (Wildman–Crippen MR) is 43.9 cm³/mol. The fraction of sp³-hybridized carbons (Fsp3) is 1.00. The minimum atomic E-state index is -0.472. The Morgan fingerprint density at radius 2 is 1.40 bits per heavy atom. The molecule has 2 N–H and O–H groups in total. The molecule has 0 amide bonds. The molecule has 0 radical (unpaired) electrons. The van der Waals surface area contributed by atoms with E-state index in [4.69, 9.17) is 30.3 Å². The molecule has 0 rings (SSSR count). The van der Waals surface area contributed by atoms with E-state index in [1.165, 1.54) is 0 Å². The van der Waals surface area contributed by atoms with Gasteiger partial charge in [0.1, 0.15) is 0 Å². The van der Waals surface area contributed by atoms with E-state index >= 15 is 0 Å². The molecule has 0 spiro atoms. The summed E-state index contributed by atoms with van der Waals surface area (Å²) in [4.78, 5) is 0. The van der Waals surface area contributed by atoms with Crippen LogP contribution in [-0.4, -0.2) is 13.1 Å². The summed E-state index contributed by atoms with van der Waals surface area (Å²) in [5, 5.41) is 0. The second kappa shape index (κ2) is 8.29. The van der Waals surface area contributed by atoms with Gasteiger partial charge >= 0.3 is 35.3 Å². The summed E-state index contributed by atoms with van der Waals surface area (Å²) in [6.07, 6.45) is 0. The van der Waals surface area contributed by atoms with Crippen molar-refractivity contribution in [2.45, 2.75) is 13.8 Å². The van der Waals surface area contributed by atoms with Crippen LogP contribution in [0.15, 0.2) is 0 Å². The topological polar surface area (TPSA) is 47.6 Å². The average molecular weight is 366 g/mol. The molecule has 10 heavy (non-hydrogen) atoms. The van der Waals surface area contributed by atoms with Crippen LogP contribution in [0.2, 0.25) is 0 Å². The first-order valence-corrected chi connectivity index (χ1v) is 8.28. The first kappa shape index (κ1) is 13.8. The summed E-state index contributed by atoms with van der Waals surface area (Å²) >= 11 is -0.472. The SMILES string of the molecule is CC(C)(C[NH-])C[NH-].[Cl][Pt+2][Cl]. The van der Waals surface area contributed by atoms with Crippen molar-refractivity contribution in [1.29, 1.82) is 0 Å². The fourth-order valence-electron chi connectivity index (χ4n) is 0.0625. The van der Waals surface area contributed by atoms with Gasteiger partial charge in [-0.15, -0.1) is 13.1 Å². The van der Waals surface area contributed by atoms with Crippen LogP contribution >= 0.6 is 18.8 Å². The van der Waals surface area contributed by atoms with Gasteiger partial charge in [0.05, 0.1) is 0 Å². The number of rotatable bonds is 2. The molecule has 0 aromatic heterocycles. The third kappa shape index (κ3) is 11.9. The Balaban J connectivity index is 0. The zero-order valence-electron chi connectivity index (χ0n) is 5.99. The Morgan fingerprint density at radius 3 is 1.40 bits per heavy atom. The van der Waals surface area contributed by atoms with Crippen LogP contribution in [0.25, 0.3) is 11.5 Å². The van der Waals surface area contributed by atoms with Crippen LogP contribution in [0.5, 0.6) is 0 Å². The van der Waals surface area contributed by atoms with Gasteiger partial charge in [0.25, 0.3) is 0 Å². The van der Waals surface area contributed by atoms with Gasteiger partial charge in [0, 0.05) is 0 Å². The average Bonchev–Trinajstić information content (AvgIpc) is 1.90. The Kier molecular flexibility index (Phi) is 11.4. The predicted octanol–water partition coefficient (Wildman–Crippen LogP) is 3.49. The Hall–Kier alpha value is 1.19. The molecule has 0 atom stereocenters. The van der Waals surface area contributed by atoms with Crippen LogP contribution in [0.4, 0.5) is 0 Å². The molecule has 0 aromatic carbocycles. The van der Waals surface area contributed by atoms with Crippen molar-refractivity contribution in [3.8, 4) is 0 Å². The van der Waals surface area contributed by atoms with Crippen molar-refractivity contribution < 1.29 is 16.5 Å². The zero-order chi connectivity index (χ0) is 8.62. The molecule has 0 heterocycles. The molecular weight excluding hydrogens is 354 g/mol. The maximum atomic E-state index is 6.89. The van der Waals surface area contributed by atoms with Gasteiger partial charge in [0.15, 0.2) is 0 Å². The number of hydrogen-bond donors (Lipinski definition) is 0. The zero-order valence-corrected chi connectivity index (χ0v) is 9.77. The molecule has 5 heteroatoms. The normalized spacial score (nSPS) is 10.6. The molecule has 0 aliphatic heterocycles. The first-order chi connectivity index (χ1) is 4.54. The molecule has 0 aliphatic carbocycles. The summed E-state index contributed by atoms with van der Waals surface area (Å²) in [6.45, 7) is 4.56. The van der Waals surface area contributed by atoms with Crippen molar-refractivity contribution in [2.75, 3.05) is 13.1 Å². The molecule has 0 bridgehead atoms. The van der Waals surface area contributed by atoms with Gasteiger partial charge in [-0.3, -0.25) is 0 Å². The molecular formula is C5H12Cl2N2Pt. The van der Waals surface area contributed by atoms with Gasteiger partial charge in [-0.25, -0.2) is 0 Å². The summed E-state index contributed by atoms with van der Waals surface area (Å²) in [6, 6.07) is 0. The molecule has 0 saturated carbocycles. The van der Waals surface area contributed by atoms with E-state index in [2.05, 4.69) is 0 Å². The van der Waals surface area contributed by atoms with E-state index in [9.17, 15) is 0 Å². The Morgan fingerprint density at radius 1 is 1.20 bits per heavy atom. The second-order valence-corrected chi connectivity index (χ2v) is 5.85. The van der Waals surface area contributed by atoms with Crippen molar-refractivity contribution in [1.82, 2.24) is 0 Å². The van der Waals surface area contributed by atoms with Crippen LogP contribution in [0, 0.1) is 5.41 Å². The standard InChI is InChI=1S/C5H12N2.2ClH.Pt/c1-5(2,3-6)4-7;;;/h6-7H,3-4H2,1-2H3;2*1H;/q-2;;;+4/p-2. The van der Waals surface area contributed by atoms with Gasteiger partial charge in [-0.05, 0) is 0 Å². The number of nitrogens with one attached hydrogen (secondary N) is 2. The summed E-state index contributed by atoms with van der Waals surface area (Å²) in [5.74, 6) is 0. The third-order valence-corrected chi connectivity index (χ3v) is 0.957. The Labute approximate surface area is 79.0 Å². The van der Waals surface area contributed by atoms with E-state index in [0.29, 0.717) is 13.1 Å². The van der Waals surface area contributed by atoms with Crippen LogP contribution in [-0.2, 0) is 16.5 Å². The van der Waals surface area contributed by atoms with Crippen molar-refractivity contribution in [2.24, 2.45) is 5.41 Å². The van der Waals surface area contributed by atoms with Crippen LogP contribution < -0.4 is 0 Å². The molecule has 0 fully saturated rings. The monoisotopic (exact) mass is 365 g/mol. The van der Waals surface area contributed by atoms with Gasteiger partial charge in [-0.1, -0.05) is 19.3 Å². The molecule has 0 saturated heterocycles. The van der Waals surface area contributed by atoms with Gasteiger partial charge < -0.3 is 11.5 Å². The van der Waals surface area contributed by atoms with E-state index in [0.717, 1.165) is 0 Å². The van der Waals surface area contributed by atoms with Gasteiger partial charge in [0.2, 0.25) is 0 Å². The van der Waals surface area contributed by atoms with E-state index in [1.807, 2.05) is 13.8 Å². The van der Waals surface area contributed by atoms with Gasteiger partial charge in [-0.2, -0.15) is 0 Å². The van der Waals surface area contributed by atoms with Crippen LogP contribution in [0.1, 0.15) is 13.8 Å². The summed E-state index contributed by atoms with van der Waals surface area (Å²) in [7, 11) is 9.75. The first-order valence-electron chi connectivity index (χ1n) is 2.65.